The van der Waals surface area contributed by atoms with Crippen molar-refractivity contribution in [3.05, 3.63) is 58.3 Å². The van der Waals surface area contributed by atoms with E-state index in [0.717, 1.165) is 17.0 Å². The first-order valence-electron chi connectivity index (χ1n) is 7.82. The van der Waals surface area contributed by atoms with Crippen molar-refractivity contribution >= 4 is 11.3 Å². The van der Waals surface area contributed by atoms with Crippen LogP contribution in [0, 0.1) is 11.8 Å². The van der Waals surface area contributed by atoms with Crippen LogP contribution in [-0.4, -0.2) is 29.6 Å². The number of nitrogens with zero attached hydrogens (tertiary/aromatic N) is 1. The van der Waals surface area contributed by atoms with Crippen LogP contribution in [0.3, 0.4) is 0 Å². The molecule has 3 heteroatoms. The van der Waals surface area contributed by atoms with Gasteiger partial charge in [0.05, 0.1) is 0 Å². The molecule has 1 N–H and O–H groups in total. The molecule has 0 aliphatic carbocycles. The summed E-state index contributed by atoms with van der Waals surface area (Å²) in [4.78, 5) is 3.61. The second-order valence-corrected chi connectivity index (χ2v) is 7.30. The van der Waals surface area contributed by atoms with Gasteiger partial charge in [0, 0.05) is 17.3 Å². The summed E-state index contributed by atoms with van der Waals surface area (Å²) in [6, 6.07) is 14.4. The Bertz CT molecular complexity index is 589. The monoisotopic (exact) mass is 299 g/mol. The largest absolute Gasteiger partial charge is 0.379 e. The highest BCUT2D eigenvalue weighted by Crippen LogP contribution is 2.47. The van der Waals surface area contributed by atoms with Gasteiger partial charge in [-0.25, -0.2) is 0 Å². The van der Waals surface area contributed by atoms with Gasteiger partial charge in [-0.2, -0.15) is 0 Å². The maximum absolute atomic E-state index is 11.8. The highest BCUT2D eigenvalue weighted by Gasteiger charge is 2.49. The van der Waals surface area contributed by atoms with Gasteiger partial charge in [-0.1, -0.05) is 36.4 Å². The molecule has 4 heterocycles. The smallest absolute Gasteiger partial charge is 0.128 e. The number of hydrogen-bond acceptors (Lipinski definition) is 3. The van der Waals surface area contributed by atoms with Gasteiger partial charge in [0.2, 0.25) is 0 Å². The zero-order chi connectivity index (χ0) is 14.3. The summed E-state index contributed by atoms with van der Waals surface area (Å²) in [6.45, 7) is 3.43. The fraction of sp³-hybridized carbons (Fsp3) is 0.444. The van der Waals surface area contributed by atoms with Crippen molar-refractivity contribution in [3.63, 3.8) is 0 Å². The van der Waals surface area contributed by atoms with Crippen LogP contribution in [0.5, 0.6) is 0 Å². The maximum atomic E-state index is 11.8. The lowest BCUT2D eigenvalue weighted by Crippen LogP contribution is -2.55. The van der Waals surface area contributed by atoms with Gasteiger partial charge in [0.15, 0.2) is 0 Å². The lowest BCUT2D eigenvalue weighted by Gasteiger charge is -2.51. The predicted molar refractivity (Wildman–Crippen MR) is 86.4 cm³/mol. The predicted octanol–water partition coefficient (Wildman–Crippen LogP) is 3.33. The Kier molecular flexibility index (Phi) is 3.37. The average Bonchev–Trinajstić information content (AvgIpc) is 3.11. The molecule has 2 aromatic rings. The summed E-state index contributed by atoms with van der Waals surface area (Å²) < 4.78 is 0. The fourth-order valence-corrected chi connectivity index (χ4v) is 5.07. The van der Waals surface area contributed by atoms with Crippen molar-refractivity contribution in [1.29, 1.82) is 0 Å². The van der Waals surface area contributed by atoms with E-state index in [0.29, 0.717) is 11.8 Å². The highest BCUT2D eigenvalue weighted by atomic mass is 32.1. The van der Waals surface area contributed by atoms with Gasteiger partial charge < -0.3 is 10.0 Å². The Hall–Kier alpha value is -1.16. The van der Waals surface area contributed by atoms with E-state index in [1.807, 2.05) is 18.2 Å². The average molecular weight is 299 g/mol. The minimum atomic E-state index is -0.834. The first-order valence-corrected chi connectivity index (χ1v) is 8.70. The van der Waals surface area contributed by atoms with Gasteiger partial charge in [-0.3, -0.25) is 0 Å². The molecule has 0 spiro atoms. The summed E-state index contributed by atoms with van der Waals surface area (Å²) in [5.41, 5.74) is 0.213. The van der Waals surface area contributed by atoms with Crippen molar-refractivity contribution in [2.45, 2.75) is 18.4 Å². The minimum Gasteiger partial charge on any atom is -0.379 e. The molecule has 3 saturated heterocycles. The minimum absolute atomic E-state index is 0.307. The van der Waals surface area contributed by atoms with Crippen molar-refractivity contribution in [2.75, 3.05) is 19.6 Å². The molecule has 2 bridgehead atoms. The zero-order valence-corrected chi connectivity index (χ0v) is 12.9. The van der Waals surface area contributed by atoms with Gasteiger partial charge in [-0.15, -0.1) is 11.3 Å². The molecule has 1 aromatic carbocycles. The van der Waals surface area contributed by atoms with Crippen LogP contribution in [0.1, 0.15) is 23.3 Å². The molecule has 3 aliphatic rings. The second kappa shape index (κ2) is 5.24. The van der Waals surface area contributed by atoms with Gasteiger partial charge >= 0.3 is 0 Å². The van der Waals surface area contributed by atoms with Crippen LogP contribution >= 0.6 is 11.3 Å². The van der Waals surface area contributed by atoms with Gasteiger partial charge in [0.1, 0.15) is 5.60 Å². The Labute approximate surface area is 130 Å². The summed E-state index contributed by atoms with van der Waals surface area (Å²) in [5, 5.41) is 13.8. The molecule has 1 aromatic heterocycles. The third-order valence-corrected chi connectivity index (χ3v) is 6.30. The van der Waals surface area contributed by atoms with E-state index in [1.54, 1.807) is 11.3 Å². The molecule has 5 rings (SSSR count). The SMILES string of the molecule is O[C@](c1ccccc1)(c1cccs1)[C@@H]1CN2CCC1CC2. The van der Waals surface area contributed by atoms with Crippen LogP contribution in [0.2, 0.25) is 0 Å². The van der Waals surface area contributed by atoms with E-state index < -0.39 is 5.60 Å². The lowest BCUT2D eigenvalue weighted by atomic mass is 9.67. The summed E-state index contributed by atoms with van der Waals surface area (Å²) >= 11 is 1.68. The molecule has 0 unspecified atom stereocenters. The van der Waals surface area contributed by atoms with E-state index in [2.05, 4.69) is 34.5 Å². The number of thiophene rings is 1. The quantitative estimate of drug-likeness (QED) is 0.940. The molecule has 2 atom stereocenters. The van der Waals surface area contributed by atoms with Crippen molar-refractivity contribution in [2.24, 2.45) is 11.8 Å². The number of fused-ring (bicyclic) bond motifs is 3. The maximum Gasteiger partial charge on any atom is 0.128 e. The summed E-state index contributed by atoms with van der Waals surface area (Å²) in [7, 11) is 0. The Balaban J connectivity index is 1.81. The standard InChI is InChI=1S/C18H21NOS/c20-18(17-7-4-12-21-17,15-5-2-1-3-6-15)16-13-19-10-8-14(16)9-11-19/h1-7,12,14,16,20H,8-11,13H2/t16-,18+/m1/s1. The molecule has 0 radical (unpaired) electrons. The fourth-order valence-electron chi connectivity index (χ4n) is 4.17. The zero-order valence-electron chi connectivity index (χ0n) is 12.1. The Morgan fingerprint density at radius 3 is 2.38 bits per heavy atom. The number of piperidine rings is 3. The van der Waals surface area contributed by atoms with E-state index >= 15 is 0 Å². The lowest BCUT2D eigenvalue weighted by molar-refractivity contribution is -0.0744. The van der Waals surface area contributed by atoms with Crippen molar-refractivity contribution < 1.29 is 5.11 Å². The summed E-state index contributed by atoms with van der Waals surface area (Å²) in [6.07, 6.45) is 2.45. The number of rotatable bonds is 3. The van der Waals surface area contributed by atoms with Crippen LogP contribution in [0.15, 0.2) is 47.8 Å². The van der Waals surface area contributed by atoms with Crippen LogP contribution < -0.4 is 0 Å². The van der Waals surface area contributed by atoms with E-state index in [4.69, 9.17) is 0 Å². The second-order valence-electron chi connectivity index (χ2n) is 6.35. The van der Waals surface area contributed by atoms with Crippen molar-refractivity contribution in [3.8, 4) is 0 Å². The van der Waals surface area contributed by atoms with E-state index in [-0.39, 0.29) is 0 Å². The molecular weight excluding hydrogens is 278 g/mol. The molecular formula is C18H21NOS. The first kappa shape index (κ1) is 13.5. The molecule has 0 amide bonds. The highest BCUT2D eigenvalue weighted by molar-refractivity contribution is 7.10. The number of hydrogen-bond donors (Lipinski definition) is 1. The van der Waals surface area contributed by atoms with E-state index in [9.17, 15) is 5.11 Å². The molecule has 110 valence electrons. The number of aliphatic hydroxyl groups is 1. The van der Waals surface area contributed by atoms with Crippen LogP contribution in [-0.2, 0) is 5.60 Å². The normalized spacial score (nSPS) is 31.0. The molecule has 2 nitrogen and oxygen atoms in total. The molecule has 0 saturated carbocycles. The summed E-state index contributed by atoms with van der Waals surface area (Å²) in [5.74, 6) is 0.948. The molecule has 3 aliphatic heterocycles. The Morgan fingerprint density at radius 1 is 1.05 bits per heavy atom. The van der Waals surface area contributed by atoms with Crippen LogP contribution in [0.25, 0.3) is 0 Å². The topological polar surface area (TPSA) is 23.5 Å². The molecule has 3 fully saturated rings. The third-order valence-electron chi connectivity index (χ3n) is 5.30. The van der Waals surface area contributed by atoms with Crippen LogP contribution in [0.4, 0.5) is 0 Å². The molecule has 21 heavy (non-hydrogen) atoms. The van der Waals surface area contributed by atoms with Gasteiger partial charge in [-0.05, 0) is 48.9 Å². The van der Waals surface area contributed by atoms with Gasteiger partial charge in [0.25, 0.3) is 0 Å². The number of benzene rings is 1. The first-order chi connectivity index (χ1) is 10.3. The van der Waals surface area contributed by atoms with Crippen molar-refractivity contribution in [1.82, 2.24) is 4.90 Å². The van der Waals surface area contributed by atoms with E-state index in [1.165, 1.54) is 25.9 Å². The Morgan fingerprint density at radius 2 is 1.81 bits per heavy atom. The third kappa shape index (κ3) is 2.15.